The molecule has 1 aromatic heterocycles. The van der Waals surface area contributed by atoms with Crippen LogP contribution in [0.4, 0.5) is 11.4 Å². The number of carbonyl (C=O) groups is 1. The van der Waals surface area contributed by atoms with E-state index in [0.29, 0.717) is 24.4 Å². The fraction of sp³-hybridized carbons (Fsp3) is 0.192. The number of anilines is 2. The molecule has 0 spiro atoms. The van der Waals surface area contributed by atoms with Crippen molar-refractivity contribution in [1.29, 1.82) is 5.26 Å². The topological polar surface area (TPSA) is 92.4 Å². The first-order valence-electron chi connectivity index (χ1n) is 10.8. The largest absolute Gasteiger partial charge is 0.469 e. The number of fused-ring (bicyclic) bond motifs is 1. The highest BCUT2D eigenvalue weighted by atomic mass is 16.7. The molecule has 0 atom stereocenters. The molecule has 34 heavy (non-hydrogen) atoms. The van der Waals surface area contributed by atoms with Gasteiger partial charge in [-0.25, -0.2) is 10.0 Å². The molecular formula is C26H25N5O3. The molecule has 4 aromatic rings. The molecule has 8 heteroatoms. The van der Waals surface area contributed by atoms with Gasteiger partial charge in [-0.15, -0.1) is 0 Å². The molecule has 0 bridgehead atoms. The maximum absolute atomic E-state index is 11.7. The minimum Gasteiger partial charge on any atom is -0.469 e. The van der Waals surface area contributed by atoms with E-state index in [9.17, 15) is 4.79 Å². The van der Waals surface area contributed by atoms with Gasteiger partial charge in [0.25, 0.3) is 0 Å². The standard InChI is InChI=1S/C26H25N5O3/c1-30-24-13-12-22(34-31(15-14-26(32)33-2)21-6-4-3-5-7-21)16-23(24)29-25(30)18-28-20-10-8-19(17-27)9-11-20/h3-13,16,28H,14-15,18H2,1-2H3. The van der Waals surface area contributed by atoms with Gasteiger partial charge >= 0.3 is 5.97 Å². The Morgan fingerprint density at radius 1 is 1.12 bits per heavy atom. The molecule has 0 amide bonds. The molecule has 1 heterocycles. The van der Waals surface area contributed by atoms with Gasteiger partial charge in [-0.1, -0.05) is 18.2 Å². The third kappa shape index (κ3) is 5.27. The minimum absolute atomic E-state index is 0.197. The van der Waals surface area contributed by atoms with Crippen LogP contribution in [0.2, 0.25) is 0 Å². The van der Waals surface area contributed by atoms with Crippen LogP contribution in [0, 0.1) is 11.3 Å². The number of imidazole rings is 1. The van der Waals surface area contributed by atoms with Crippen molar-refractivity contribution >= 4 is 28.4 Å². The average Bonchev–Trinajstić information content (AvgIpc) is 3.20. The molecular weight excluding hydrogens is 430 g/mol. The number of methoxy groups -OCH3 is 1. The number of hydrogen-bond donors (Lipinski definition) is 1. The van der Waals surface area contributed by atoms with Gasteiger partial charge in [-0.2, -0.15) is 5.26 Å². The van der Waals surface area contributed by atoms with Gasteiger partial charge in [0.1, 0.15) is 5.82 Å². The molecule has 1 N–H and O–H groups in total. The quantitative estimate of drug-likeness (QED) is 0.295. The van der Waals surface area contributed by atoms with Crippen LogP contribution in [0.15, 0.2) is 72.8 Å². The average molecular weight is 456 g/mol. The zero-order valence-corrected chi connectivity index (χ0v) is 19.1. The lowest BCUT2D eigenvalue weighted by atomic mass is 10.2. The zero-order valence-electron chi connectivity index (χ0n) is 19.1. The summed E-state index contributed by atoms with van der Waals surface area (Å²) in [5.74, 6) is 1.18. The van der Waals surface area contributed by atoms with Crippen molar-refractivity contribution in [3.8, 4) is 11.8 Å². The molecule has 0 saturated carbocycles. The lowest BCUT2D eigenvalue weighted by Gasteiger charge is -2.24. The van der Waals surface area contributed by atoms with E-state index >= 15 is 0 Å². The van der Waals surface area contributed by atoms with Crippen molar-refractivity contribution in [2.75, 3.05) is 24.0 Å². The molecule has 0 radical (unpaired) electrons. The summed E-state index contributed by atoms with van der Waals surface area (Å²) >= 11 is 0. The predicted octanol–water partition coefficient (Wildman–Crippen LogP) is 4.42. The fourth-order valence-corrected chi connectivity index (χ4v) is 3.53. The number of ether oxygens (including phenoxy) is 1. The number of para-hydroxylation sites is 1. The Balaban J connectivity index is 1.51. The monoisotopic (exact) mass is 455 g/mol. The SMILES string of the molecule is COC(=O)CCN(Oc1ccc2c(c1)nc(CNc1ccc(C#N)cc1)n2C)c1ccccc1. The number of esters is 1. The van der Waals surface area contributed by atoms with E-state index in [0.717, 1.165) is 28.2 Å². The van der Waals surface area contributed by atoms with E-state index in [1.807, 2.05) is 72.3 Å². The molecule has 0 saturated heterocycles. The number of aryl methyl sites for hydroxylation is 1. The van der Waals surface area contributed by atoms with Crippen molar-refractivity contribution < 1.29 is 14.4 Å². The maximum Gasteiger partial charge on any atom is 0.307 e. The first-order chi connectivity index (χ1) is 16.6. The minimum atomic E-state index is -0.302. The second-order valence-corrected chi connectivity index (χ2v) is 7.64. The van der Waals surface area contributed by atoms with E-state index in [-0.39, 0.29) is 12.4 Å². The summed E-state index contributed by atoms with van der Waals surface area (Å²) in [7, 11) is 3.34. The molecule has 0 aliphatic rings. The maximum atomic E-state index is 11.7. The van der Waals surface area contributed by atoms with Crippen LogP contribution in [0.5, 0.6) is 5.75 Å². The number of hydroxylamine groups is 1. The fourth-order valence-electron chi connectivity index (χ4n) is 3.53. The first kappa shape index (κ1) is 22.7. The summed E-state index contributed by atoms with van der Waals surface area (Å²) in [5, 5.41) is 14.0. The molecule has 0 aliphatic heterocycles. The summed E-state index contributed by atoms with van der Waals surface area (Å²) in [6.07, 6.45) is 0.197. The Hall–Kier alpha value is -4.51. The zero-order chi connectivity index (χ0) is 23.9. The molecule has 3 aromatic carbocycles. The molecule has 8 nitrogen and oxygen atoms in total. The summed E-state index contributed by atoms with van der Waals surface area (Å²) in [4.78, 5) is 22.6. The lowest BCUT2D eigenvalue weighted by molar-refractivity contribution is -0.140. The number of rotatable bonds is 9. The van der Waals surface area contributed by atoms with Gasteiger partial charge in [0.15, 0.2) is 5.75 Å². The van der Waals surface area contributed by atoms with E-state index in [4.69, 9.17) is 19.8 Å². The number of nitrogens with zero attached hydrogens (tertiary/aromatic N) is 4. The third-order valence-corrected chi connectivity index (χ3v) is 5.42. The number of carbonyl (C=O) groups excluding carboxylic acids is 1. The van der Waals surface area contributed by atoms with Crippen LogP contribution in [0.25, 0.3) is 11.0 Å². The Morgan fingerprint density at radius 3 is 2.59 bits per heavy atom. The Bertz CT molecular complexity index is 1310. The third-order valence-electron chi connectivity index (χ3n) is 5.42. The molecule has 0 aliphatic carbocycles. The van der Waals surface area contributed by atoms with Crippen molar-refractivity contribution in [3.63, 3.8) is 0 Å². The van der Waals surface area contributed by atoms with Gasteiger partial charge in [-0.3, -0.25) is 4.79 Å². The highest BCUT2D eigenvalue weighted by Crippen LogP contribution is 2.24. The van der Waals surface area contributed by atoms with Gasteiger partial charge in [0.2, 0.25) is 0 Å². The lowest BCUT2D eigenvalue weighted by Crippen LogP contribution is -2.30. The van der Waals surface area contributed by atoms with Crippen LogP contribution in [0.1, 0.15) is 17.8 Å². The van der Waals surface area contributed by atoms with Gasteiger partial charge in [0, 0.05) is 18.8 Å². The van der Waals surface area contributed by atoms with Crippen LogP contribution in [-0.4, -0.2) is 29.2 Å². The summed E-state index contributed by atoms with van der Waals surface area (Å²) < 4.78 is 6.80. The normalized spacial score (nSPS) is 10.5. The highest BCUT2D eigenvalue weighted by Gasteiger charge is 2.14. The second kappa shape index (κ2) is 10.4. The van der Waals surface area contributed by atoms with Crippen molar-refractivity contribution in [1.82, 2.24) is 9.55 Å². The Morgan fingerprint density at radius 2 is 1.88 bits per heavy atom. The van der Waals surface area contributed by atoms with Crippen LogP contribution >= 0.6 is 0 Å². The van der Waals surface area contributed by atoms with Gasteiger partial charge in [0.05, 0.1) is 55.0 Å². The summed E-state index contributed by atoms with van der Waals surface area (Å²) in [6, 6.07) is 24.8. The van der Waals surface area contributed by atoms with E-state index in [1.165, 1.54) is 7.11 Å². The van der Waals surface area contributed by atoms with Gasteiger partial charge < -0.3 is 19.5 Å². The summed E-state index contributed by atoms with van der Waals surface area (Å²) in [5.41, 5.74) is 4.15. The van der Waals surface area contributed by atoms with E-state index in [1.54, 1.807) is 17.2 Å². The predicted molar refractivity (Wildman–Crippen MR) is 130 cm³/mol. The molecule has 0 unspecified atom stereocenters. The van der Waals surface area contributed by atoms with Crippen LogP contribution in [0.3, 0.4) is 0 Å². The molecule has 172 valence electrons. The van der Waals surface area contributed by atoms with Crippen LogP contribution < -0.4 is 15.2 Å². The number of nitrogens with one attached hydrogen (secondary N) is 1. The highest BCUT2D eigenvalue weighted by molar-refractivity contribution is 5.78. The van der Waals surface area contributed by atoms with Crippen molar-refractivity contribution in [3.05, 3.63) is 84.2 Å². The number of aromatic nitrogens is 2. The second-order valence-electron chi connectivity index (χ2n) is 7.64. The number of nitriles is 1. The molecule has 4 rings (SSSR count). The number of hydrogen-bond acceptors (Lipinski definition) is 7. The van der Waals surface area contributed by atoms with Crippen molar-refractivity contribution in [2.24, 2.45) is 7.05 Å². The van der Waals surface area contributed by atoms with Crippen molar-refractivity contribution in [2.45, 2.75) is 13.0 Å². The Kier molecular flexibility index (Phi) is 6.94. The van der Waals surface area contributed by atoms with Gasteiger partial charge in [-0.05, 0) is 48.5 Å². The van der Waals surface area contributed by atoms with Crippen LogP contribution in [-0.2, 0) is 23.1 Å². The number of benzene rings is 3. The Labute approximate surface area is 197 Å². The van der Waals surface area contributed by atoms with E-state index < -0.39 is 0 Å². The van der Waals surface area contributed by atoms with E-state index in [2.05, 4.69) is 11.4 Å². The smallest absolute Gasteiger partial charge is 0.307 e. The first-order valence-corrected chi connectivity index (χ1v) is 10.8. The molecule has 0 fully saturated rings. The summed E-state index contributed by atoms with van der Waals surface area (Å²) in [6.45, 7) is 0.874.